The molecule has 0 saturated carbocycles. The van der Waals surface area contributed by atoms with Gasteiger partial charge in [-0.05, 0) is 25.3 Å². The van der Waals surface area contributed by atoms with Crippen molar-refractivity contribution in [3.05, 3.63) is 56.6 Å². The molecule has 0 spiro atoms. The molecule has 0 atom stereocenters. The zero-order valence-electron chi connectivity index (χ0n) is 11.2. The number of hydrogen-bond acceptors (Lipinski definition) is 6. The predicted molar refractivity (Wildman–Crippen MR) is 73.8 cm³/mol. The molecule has 0 radical (unpaired) electrons. The second-order valence-corrected chi connectivity index (χ2v) is 4.16. The highest BCUT2D eigenvalue weighted by Gasteiger charge is 2.18. The Hall–Kier alpha value is -2.77. The first kappa shape index (κ1) is 16.3. The van der Waals surface area contributed by atoms with E-state index in [4.69, 9.17) is 4.74 Å². The summed E-state index contributed by atoms with van der Waals surface area (Å²) in [5.41, 5.74) is -0.168. The lowest BCUT2D eigenvalue weighted by atomic mass is 10.1. The molecule has 0 saturated heterocycles. The van der Waals surface area contributed by atoms with Gasteiger partial charge in [0.15, 0.2) is 0 Å². The molecule has 0 aliphatic heterocycles. The van der Waals surface area contributed by atoms with Crippen LogP contribution in [0.15, 0.2) is 30.9 Å². The highest BCUT2D eigenvalue weighted by atomic mass is 16.6. The summed E-state index contributed by atoms with van der Waals surface area (Å²) < 4.78 is 4.78. The summed E-state index contributed by atoms with van der Waals surface area (Å²) in [4.78, 5) is 31.0. The number of hydrogen-bond donors (Lipinski definition) is 0. The topological polar surface area (TPSA) is 113 Å². The molecule has 8 nitrogen and oxygen atoms in total. The molecule has 21 heavy (non-hydrogen) atoms. The number of ether oxygens (including phenoxy) is 1. The molecular formula is C13H14N2O6. The van der Waals surface area contributed by atoms with E-state index in [1.165, 1.54) is 12.1 Å². The van der Waals surface area contributed by atoms with Gasteiger partial charge in [-0.15, -0.1) is 0 Å². The number of nitro benzene ring substituents is 2. The number of esters is 1. The van der Waals surface area contributed by atoms with Gasteiger partial charge in [-0.2, -0.15) is 0 Å². The van der Waals surface area contributed by atoms with E-state index in [0.717, 1.165) is 12.1 Å². The zero-order chi connectivity index (χ0) is 15.8. The maximum Gasteiger partial charge on any atom is 0.330 e. The average Bonchev–Trinajstić information content (AvgIpc) is 2.46. The molecule has 0 bridgehead atoms. The first-order valence-corrected chi connectivity index (χ1v) is 6.16. The summed E-state index contributed by atoms with van der Waals surface area (Å²) >= 11 is 0. The van der Waals surface area contributed by atoms with Gasteiger partial charge in [0.2, 0.25) is 0 Å². The van der Waals surface area contributed by atoms with Crippen molar-refractivity contribution < 1.29 is 19.4 Å². The molecule has 1 aromatic carbocycles. The van der Waals surface area contributed by atoms with Crippen LogP contribution in [0, 0.1) is 20.2 Å². The fourth-order valence-electron chi connectivity index (χ4n) is 1.70. The molecule has 8 heteroatoms. The van der Waals surface area contributed by atoms with Crippen LogP contribution in [0.25, 0.3) is 0 Å². The lowest BCUT2D eigenvalue weighted by molar-refractivity contribution is -0.394. The van der Waals surface area contributed by atoms with Gasteiger partial charge in [-0.25, -0.2) is 4.79 Å². The van der Waals surface area contributed by atoms with Crippen molar-refractivity contribution >= 4 is 17.3 Å². The largest absolute Gasteiger partial charge is 0.463 e. The fraction of sp³-hybridized carbons (Fsp3) is 0.308. The summed E-state index contributed by atoms with van der Waals surface area (Å²) in [6, 6.07) is 3.57. The molecule has 112 valence electrons. The Morgan fingerprint density at radius 3 is 2.52 bits per heavy atom. The summed E-state index contributed by atoms with van der Waals surface area (Å²) in [5, 5.41) is 21.5. The monoisotopic (exact) mass is 294 g/mol. The van der Waals surface area contributed by atoms with Crippen LogP contribution in [0.5, 0.6) is 0 Å². The van der Waals surface area contributed by atoms with Crippen molar-refractivity contribution in [2.24, 2.45) is 0 Å². The molecule has 0 unspecified atom stereocenters. The second kappa shape index (κ2) is 7.73. The first-order chi connectivity index (χ1) is 9.95. The number of non-ortho nitro benzene ring substituents is 1. The van der Waals surface area contributed by atoms with Crippen molar-refractivity contribution in [1.82, 2.24) is 0 Å². The third-order valence-electron chi connectivity index (χ3n) is 2.73. The minimum Gasteiger partial charge on any atom is -0.463 e. The minimum absolute atomic E-state index is 0.200. The summed E-state index contributed by atoms with van der Waals surface area (Å²) in [6.45, 7) is 3.46. The summed E-state index contributed by atoms with van der Waals surface area (Å²) in [6.07, 6.45) is 2.53. The van der Waals surface area contributed by atoms with Gasteiger partial charge in [-0.3, -0.25) is 20.2 Å². The molecule has 1 rings (SSSR count). The van der Waals surface area contributed by atoms with Gasteiger partial charge < -0.3 is 4.74 Å². The Kier molecular flexibility index (Phi) is 5.99. The van der Waals surface area contributed by atoms with E-state index in [1.807, 2.05) is 0 Å². The van der Waals surface area contributed by atoms with Crippen molar-refractivity contribution in [3.63, 3.8) is 0 Å². The van der Waals surface area contributed by atoms with Crippen molar-refractivity contribution in [3.8, 4) is 0 Å². The number of carbonyl (C=O) groups is 1. The number of nitro groups is 2. The lowest BCUT2D eigenvalue weighted by Gasteiger charge is -2.04. The smallest absolute Gasteiger partial charge is 0.330 e. The van der Waals surface area contributed by atoms with Gasteiger partial charge >= 0.3 is 5.97 Å². The molecule has 0 heterocycles. The van der Waals surface area contributed by atoms with E-state index in [-0.39, 0.29) is 18.0 Å². The van der Waals surface area contributed by atoms with Crippen LogP contribution >= 0.6 is 0 Å². The standard InChI is InChI=1S/C13H14N2O6/c1-2-13(16)21-8-4-3-5-10-6-7-11(14(17)18)9-12(10)15(19)20/h2,6-7,9H,1,3-5,8H2. The van der Waals surface area contributed by atoms with Crippen LogP contribution in [0.2, 0.25) is 0 Å². The predicted octanol–water partition coefficient (Wildman–Crippen LogP) is 2.55. The average molecular weight is 294 g/mol. The van der Waals surface area contributed by atoms with Crippen LogP contribution in [-0.2, 0) is 16.0 Å². The molecule has 1 aromatic rings. The summed E-state index contributed by atoms with van der Waals surface area (Å²) in [5.74, 6) is -0.517. The third kappa shape index (κ3) is 5.01. The van der Waals surface area contributed by atoms with Crippen LogP contribution in [0.1, 0.15) is 18.4 Å². The normalized spacial score (nSPS) is 9.90. The van der Waals surface area contributed by atoms with Crippen LogP contribution in [0.3, 0.4) is 0 Å². The SMILES string of the molecule is C=CC(=O)OCCCCc1ccc([N+](=O)[O-])cc1[N+](=O)[O-]. The Morgan fingerprint density at radius 2 is 1.95 bits per heavy atom. The van der Waals surface area contributed by atoms with Crippen molar-refractivity contribution in [2.45, 2.75) is 19.3 Å². The van der Waals surface area contributed by atoms with E-state index in [1.54, 1.807) is 0 Å². The van der Waals surface area contributed by atoms with Crippen LogP contribution in [-0.4, -0.2) is 22.4 Å². The Bertz CT molecular complexity index is 570. The highest BCUT2D eigenvalue weighted by Crippen LogP contribution is 2.25. The lowest BCUT2D eigenvalue weighted by Crippen LogP contribution is -2.03. The Balaban J connectivity index is 2.62. The van der Waals surface area contributed by atoms with Gasteiger partial charge in [0.1, 0.15) is 0 Å². The first-order valence-electron chi connectivity index (χ1n) is 6.16. The fourth-order valence-corrected chi connectivity index (χ4v) is 1.70. The molecule has 0 aliphatic rings. The van der Waals surface area contributed by atoms with Crippen LogP contribution < -0.4 is 0 Å². The highest BCUT2D eigenvalue weighted by molar-refractivity contribution is 5.81. The number of unbranched alkanes of at least 4 members (excludes halogenated alkanes) is 1. The number of nitrogens with zero attached hydrogens (tertiary/aromatic N) is 2. The number of rotatable bonds is 8. The van der Waals surface area contributed by atoms with E-state index in [9.17, 15) is 25.0 Å². The van der Waals surface area contributed by atoms with Gasteiger partial charge in [0, 0.05) is 17.7 Å². The quantitative estimate of drug-likeness (QED) is 0.239. The Labute approximate surface area is 120 Å². The van der Waals surface area contributed by atoms with Crippen molar-refractivity contribution in [1.29, 1.82) is 0 Å². The van der Waals surface area contributed by atoms with E-state index < -0.39 is 15.8 Å². The van der Waals surface area contributed by atoms with Gasteiger partial charge in [0.05, 0.1) is 22.5 Å². The van der Waals surface area contributed by atoms with Crippen LogP contribution in [0.4, 0.5) is 11.4 Å². The van der Waals surface area contributed by atoms with E-state index in [2.05, 4.69) is 6.58 Å². The number of aryl methyl sites for hydroxylation is 1. The molecular weight excluding hydrogens is 280 g/mol. The zero-order valence-corrected chi connectivity index (χ0v) is 11.2. The Morgan fingerprint density at radius 1 is 1.24 bits per heavy atom. The summed E-state index contributed by atoms with van der Waals surface area (Å²) in [7, 11) is 0. The second-order valence-electron chi connectivity index (χ2n) is 4.16. The molecule has 0 aromatic heterocycles. The number of benzene rings is 1. The number of carbonyl (C=O) groups excluding carboxylic acids is 1. The van der Waals surface area contributed by atoms with E-state index in [0.29, 0.717) is 24.8 Å². The maximum atomic E-state index is 10.9. The molecule has 0 amide bonds. The minimum atomic E-state index is -0.675. The van der Waals surface area contributed by atoms with Gasteiger partial charge in [0.25, 0.3) is 11.4 Å². The van der Waals surface area contributed by atoms with E-state index >= 15 is 0 Å². The van der Waals surface area contributed by atoms with Crippen molar-refractivity contribution in [2.75, 3.05) is 6.61 Å². The molecule has 0 fully saturated rings. The van der Waals surface area contributed by atoms with Gasteiger partial charge in [-0.1, -0.05) is 6.58 Å². The maximum absolute atomic E-state index is 10.9. The molecule has 0 aliphatic carbocycles. The third-order valence-corrected chi connectivity index (χ3v) is 2.73. The molecule has 0 N–H and O–H groups in total.